The van der Waals surface area contributed by atoms with Crippen LogP contribution in [-0.2, 0) is 16.0 Å². The second-order valence-corrected chi connectivity index (χ2v) is 10.3. The lowest BCUT2D eigenvalue weighted by Gasteiger charge is -2.38. The highest BCUT2D eigenvalue weighted by Gasteiger charge is 2.60. The van der Waals surface area contributed by atoms with E-state index in [1.54, 1.807) is 12.1 Å². The molecule has 0 saturated heterocycles. The largest absolute Gasteiger partial charge is 0.403 e. The molecule has 0 radical (unpaired) electrons. The summed E-state index contributed by atoms with van der Waals surface area (Å²) in [6, 6.07) is 5.89. The number of nitrogens with one attached hydrogen (secondary N) is 2. The molecule has 1 aromatic carbocycles. The van der Waals surface area contributed by atoms with E-state index in [0.29, 0.717) is 36.4 Å². The fourth-order valence-electron chi connectivity index (χ4n) is 4.22. The standard InChI is InChI=1S/C24H28F3N5O2S/c1-15(2)13-18(29-21(34)23(24(25,26)27)11-5-4-6-12-23)20(33)30-22-32-31-19(35-22)14-16-7-9-17(28-3)10-8-16/h7-10,15,18H,4-6,11-14H2,1-2H3,(H,29,34)(H,30,32,33)/t18-/m1/s1. The van der Waals surface area contributed by atoms with E-state index in [0.717, 1.165) is 16.9 Å². The van der Waals surface area contributed by atoms with Gasteiger partial charge in [0.25, 0.3) is 0 Å². The van der Waals surface area contributed by atoms with Crippen LogP contribution in [-0.4, -0.2) is 34.2 Å². The number of anilines is 1. The number of carbonyl (C=O) groups is 2. The van der Waals surface area contributed by atoms with Gasteiger partial charge in [0, 0.05) is 6.42 Å². The maximum Gasteiger partial charge on any atom is 0.403 e. The summed E-state index contributed by atoms with van der Waals surface area (Å²) in [5, 5.41) is 13.9. The molecule has 1 aliphatic carbocycles. The van der Waals surface area contributed by atoms with Gasteiger partial charge in [-0.05, 0) is 30.7 Å². The van der Waals surface area contributed by atoms with Gasteiger partial charge in [-0.1, -0.05) is 68.7 Å². The number of aromatic nitrogens is 2. The maximum absolute atomic E-state index is 13.9. The molecule has 1 aromatic heterocycles. The molecular formula is C24H28F3N5O2S. The van der Waals surface area contributed by atoms with Crippen LogP contribution in [0, 0.1) is 17.9 Å². The lowest BCUT2D eigenvalue weighted by Crippen LogP contribution is -2.56. The fraction of sp³-hybridized carbons (Fsp3) is 0.542. The van der Waals surface area contributed by atoms with Crippen molar-refractivity contribution in [2.45, 2.75) is 71.0 Å². The van der Waals surface area contributed by atoms with Crippen LogP contribution in [0.4, 0.5) is 24.0 Å². The Morgan fingerprint density at radius 3 is 2.37 bits per heavy atom. The van der Waals surface area contributed by atoms with E-state index in [4.69, 9.17) is 6.57 Å². The summed E-state index contributed by atoms with van der Waals surface area (Å²) in [5.41, 5.74) is -1.02. The third-order valence-electron chi connectivity index (χ3n) is 6.13. The average molecular weight is 508 g/mol. The van der Waals surface area contributed by atoms with Crippen LogP contribution in [0.1, 0.15) is 62.9 Å². The number of carbonyl (C=O) groups excluding carboxylic acids is 2. The Balaban J connectivity index is 1.70. The maximum atomic E-state index is 13.9. The van der Waals surface area contributed by atoms with Crippen molar-refractivity contribution >= 4 is 34.0 Å². The molecule has 0 unspecified atom stereocenters. The van der Waals surface area contributed by atoms with Crippen molar-refractivity contribution in [3.8, 4) is 0 Å². The molecule has 7 nitrogen and oxygen atoms in total. The van der Waals surface area contributed by atoms with E-state index in [-0.39, 0.29) is 30.3 Å². The second kappa shape index (κ2) is 11.2. The topological polar surface area (TPSA) is 88.3 Å². The summed E-state index contributed by atoms with van der Waals surface area (Å²) >= 11 is 1.15. The minimum absolute atomic E-state index is 0.0392. The number of hydrogen-bond donors (Lipinski definition) is 2. The molecule has 3 rings (SSSR count). The lowest BCUT2D eigenvalue weighted by atomic mass is 9.72. The van der Waals surface area contributed by atoms with Gasteiger partial charge in [0.05, 0.1) is 6.57 Å². The molecule has 1 atom stereocenters. The molecule has 1 aliphatic rings. The minimum Gasteiger partial charge on any atom is -0.344 e. The Morgan fingerprint density at radius 2 is 1.80 bits per heavy atom. The van der Waals surface area contributed by atoms with Gasteiger partial charge in [0.2, 0.25) is 16.9 Å². The van der Waals surface area contributed by atoms with E-state index in [2.05, 4.69) is 25.7 Å². The molecule has 2 N–H and O–H groups in total. The number of rotatable bonds is 8. The van der Waals surface area contributed by atoms with Crippen molar-refractivity contribution in [1.82, 2.24) is 15.5 Å². The van der Waals surface area contributed by atoms with Crippen molar-refractivity contribution in [2.75, 3.05) is 5.32 Å². The van der Waals surface area contributed by atoms with Crippen LogP contribution in [0.3, 0.4) is 0 Å². The third kappa shape index (κ3) is 6.57. The van der Waals surface area contributed by atoms with Crippen molar-refractivity contribution in [2.24, 2.45) is 11.3 Å². The molecule has 2 aromatic rings. The van der Waals surface area contributed by atoms with Gasteiger partial charge in [0.1, 0.15) is 16.5 Å². The van der Waals surface area contributed by atoms with Gasteiger partial charge in [-0.25, -0.2) is 4.85 Å². The molecule has 188 valence electrons. The number of hydrogen-bond acceptors (Lipinski definition) is 5. The Bertz CT molecular complexity index is 1070. The Labute approximate surface area is 206 Å². The molecule has 1 saturated carbocycles. The number of benzene rings is 1. The molecular weight excluding hydrogens is 479 g/mol. The Morgan fingerprint density at radius 1 is 1.14 bits per heavy atom. The van der Waals surface area contributed by atoms with Gasteiger partial charge >= 0.3 is 6.18 Å². The number of amides is 2. The SMILES string of the molecule is [C-]#[N+]c1ccc(Cc2nnc(NC(=O)[C@@H](CC(C)C)NC(=O)C3(C(F)(F)F)CCCCC3)s2)cc1. The van der Waals surface area contributed by atoms with Crippen LogP contribution >= 0.6 is 11.3 Å². The molecule has 0 aliphatic heterocycles. The fourth-order valence-corrected chi connectivity index (χ4v) is 5.00. The zero-order chi connectivity index (χ0) is 25.6. The van der Waals surface area contributed by atoms with Crippen LogP contribution in [0.2, 0.25) is 0 Å². The van der Waals surface area contributed by atoms with Gasteiger partial charge in [0.15, 0.2) is 5.69 Å². The smallest absolute Gasteiger partial charge is 0.344 e. The molecule has 1 heterocycles. The zero-order valence-corrected chi connectivity index (χ0v) is 20.4. The number of nitrogens with zero attached hydrogens (tertiary/aromatic N) is 3. The van der Waals surface area contributed by atoms with E-state index in [1.165, 1.54) is 0 Å². The molecule has 35 heavy (non-hydrogen) atoms. The summed E-state index contributed by atoms with van der Waals surface area (Å²) in [6.07, 6.45) is -3.29. The number of alkyl halides is 3. The molecule has 0 bridgehead atoms. The van der Waals surface area contributed by atoms with E-state index < -0.39 is 29.4 Å². The highest BCUT2D eigenvalue weighted by molar-refractivity contribution is 7.15. The predicted molar refractivity (Wildman–Crippen MR) is 127 cm³/mol. The van der Waals surface area contributed by atoms with Crippen molar-refractivity contribution in [1.29, 1.82) is 0 Å². The first-order chi connectivity index (χ1) is 16.5. The highest BCUT2D eigenvalue weighted by atomic mass is 32.1. The normalized spacial score (nSPS) is 16.4. The van der Waals surface area contributed by atoms with Gasteiger partial charge in [-0.15, -0.1) is 10.2 Å². The molecule has 11 heteroatoms. The monoisotopic (exact) mass is 507 g/mol. The Kier molecular flexibility index (Phi) is 8.48. The second-order valence-electron chi connectivity index (χ2n) is 9.24. The lowest BCUT2D eigenvalue weighted by molar-refractivity contribution is -0.230. The van der Waals surface area contributed by atoms with Crippen LogP contribution in [0.15, 0.2) is 24.3 Å². The number of halogens is 3. The summed E-state index contributed by atoms with van der Waals surface area (Å²) in [6.45, 7) is 10.7. The predicted octanol–water partition coefficient (Wildman–Crippen LogP) is 5.66. The molecule has 1 fully saturated rings. The van der Waals surface area contributed by atoms with Crippen molar-refractivity contribution < 1.29 is 22.8 Å². The molecule has 0 spiro atoms. The van der Waals surface area contributed by atoms with E-state index in [9.17, 15) is 22.8 Å². The summed E-state index contributed by atoms with van der Waals surface area (Å²) in [5.74, 6) is -1.79. The first kappa shape index (κ1) is 26.6. The van der Waals surface area contributed by atoms with E-state index in [1.807, 2.05) is 26.0 Å². The quantitative estimate of drug-likeness (QED) is 0.451. The summed E-state index contributed by atoms with van der Waals surface area (Å²) in [4.78, 5) is 29.2. The highest BCUT2D eigenvalue weighted by Crippen LogP contribution is 2.49. The van der Waals surface area contributed by atoms with Crippen molar-refractivity contribution in [3.63, 3.8) is 0 Å². The first-order valence-corrected chi connectivity index (χ1v) is 12.3. The van der Waals surface area contributed by atoms with Crippen LogP contribution < -0.4 is 10.6 Å². The Hall–Kier alpha value is -3.00. The molecule has 2 amide bonds. The van der Waals surface area contributed by atoms with E-state index >= 15 is 0 Å². The minimum atomic E-state index is -4.68. The van der Waals surface area contributed by atoms with Gasteiger partial charge in [-0.2, -0.15) is 13.2 Å². The zero-order valence-electron chi connectivity index (χ0n) is 19.6. The van der Waals surface area contributed by atoms with Gasteiger partial charge in [-0.3, -0.25) is 14.9 Å². The van der Waals surface area contributed by atoms with Crippen LogP contribution in [0.5, 0.6) is 0 Å². The van der Waals surface area contributed by atoms with Gasteiger partial charge < -0.3 is 5.32 Å². The average Bonchev–Trinajstić information content (AvgIpc) is 3.25. The van der Waals surface area contributed by atoms with Crippen LogP contribution in [0.25, 0.3) is 4.85 Å². The summed E-state index contributed by atoms with van der Waals surface area (Å²) < 4.78 is 41.8. The summed E-state index contributed by atoms with van der Waals surface area (Å²) in [7, 11) is 0. The third-order valence-corrected chi connectivity index (χ3v) is 6.97. The first-order valence-electron chi connectivity index (χ1n) is 11.5. The van der Waals surface area contributed by atoms with Crippen molar-refractivity contribution in [3.05, 3.63) is 46.3 Å².